The molecule has 0 radical (unpaired) electrons. The Hall–Kier alpha value is -3.58. The highest BCUT2D eigenvalue weighted by Gasteiger charge is 2.21. The molecule has 0 saturated carbocycles. The minimum absolute atomic E-state index is 0.0472. The van der Waals surface area contributed by atoms with Gasteiger partial charge in [0, 0.05) is 49.9 Å². The van der Waals surface area contributed by atoms with Gasteiger partial charge in [-0.1, -0.05) is 24.6 Å². The number of phenols is 1. The van der Waals surface area contributed by atoms with Gasteiger partial charge in [-0.25, -0.2) is 14.2 Å². The minimum Gasteiger partial charge on any atom is -0.507 e. The molecule has 2 aromatic carbocycles. The van der Waals surface area contributed by atoms with E-state index in [1.807, 2.05) is 6.07 Å². The standard InChI is InChI=1S/C26H24ClFN4O2/c1-16-6-8-31(15-16)24-12-18(5-7-29-24)21-14-19(28)13-20(25(21)33)17-3-4-23(22(27)11-17)32-10-9-30(2)26(32)34/h3-5,7,9-14,16,33H,6,8,15H2,1-2H3. The van der Waals surface area contributed by atoms with Gasteiger partial charge in [-0.15, -0.1) is 0 Å². The lowest BCUT2D eigenvalue weighted by Gasteiger charge is -2.18. The molecule has 1 unspecified atom stereocenters. The first-order chi connectivity index (χ1) is 16.3. The highest BCUT2D eigenvalue weighted by Crippen LogP contribution is 2.41. The van der Waals surface area contributed by atoms with Crippen LogP contribution in [0.3, 0.4) is 0 Å². The Bertz CT molecular complexity index is 1450. The van der Waals surface area contributed by atoms with Gasteiger partial charge < -0.3 is 14.6 Å². The third kappa shape index (κ3) is 3.96. The fraction of sp³-hybridized carbons (Fsp3) is 0.231. The van der Waals surface area contributed by atoms with E-state index in [2.05, 4.69) is 16.8 Å². The lowest BCUT2D eigenvalue weighted by Crippen LogP contribution is -2.20. The fourth-order valence-corrected chi connectivity index (χ4v) is 4.73. The van der Waals surface area contributed by atoms with E-state index >= 15 is 0 Å². The molecule has 174 valence electrons. The van der Waals surface area contributed by atoms with Gasteiger partial charge in [0.25, 0.3) is 0 Å². The van der Waals surface area contributed by atoms with E-state index in [0.717, 1.165) is 25.3 Å². The van der Waals surface area contributed by atoms with E-state index in [-0.39, 0.29) is 11.4 Å². The van der Waals surface area contributed by atoms with Crippen LogP contribution in [0.2, 0.25) is 5.02 Å². The van der Waals surface area contributed by atoms with Crippen LogP contribution in [-0.2, 0) is 7.05 Å². The number of aromatic nitrogens is 3. The Labute approximate surface area is 201 Å². The van der Waals surface area contributed by atoms with E-state index in [4.69, 9.17) is 11.6 Å². The second kappa shape index (κ2) is 8.65. The molecule has 6 nitrogen and oxygen atoms in total. The number of rotatable bonds is 4. The monoisotopic (exact) mass is 478 g/mol. The molecule has 0 amide bonds. The number of aryl methyl sites for hydroxylation is 1. The van der Waals surface area contributed by atoms with E-state index < -0.39 is 5.82 Å². The second-order valence-electron chi connectivity index (χ2n) is 8.82. The quantitative estimate of drug-likeness (QED) is 0.435. The first kappa shape index (κ1) is 22.2. The Kier molecular flexibility index (Phi) is 5.65. The maximum absolute atomic E-state index is 14.7. The Balaban J connectivity index is 1.55. The van der Waals surface area contributed by atoms with Crippen molar-refractivity contribution in [3.05, 3.63) is 82.4 Å². The molecule has 1 fully saturated rings. The molecule has 1 N–H and O–H groups in total. The van der Waals surface area contributed by atoms with Gasteiger partial charge in [0.2, 0.25) is 0 Å². The number of imidazole rings is 1. The number of hydrogen-bond acceptors (Lipinski definition) is 4. The molecule has 3 heterocycles. The number of aromatic hydroxyl groups is 1. The van der Waals surface area contributed by atoms with Crippen LogP contribution in [0.4, 0.5) is 10.2 Å². The first-order valence-electron chi connectivity index (χ1n) is 11.1. The van der Waals surface area contributed by atoms with Crippen molar-refractivity contribution in [1.82, 2.24) is 14.1 Å². The topological polar surface area (TPSA) is 63.3 Å². The molecule has 0 bridgehead atoms. The number of nitrogens with zero attached hydrogens (tertiary/aromatic N) is 4. The van der Waals surface area contributed by atoms with Crippen molar-refractivity contribution in [3.63, 3.8) is 0 Å². The average molecular weight is 479 g/mol. The Morgan fingerprint density at radius 3 is 2.44 bits per heavy atom. The number of anilines is 1. The SMILES string of the molecule is CC1CCN(c2cc(-c3cc(F)cc(-c4ccc(-n5ccn(C)c5=O)c(Cl)c4)c3O)ccn2)C1. The van der Waals surface area contributed by atoms with Gasteiger partial charge >= 0.3 is 5.69 Å². The number of phenolic OH excluding ortho intramolecular Hbond substituents is 1. The zero-order chi connectivity index (χ0) is 24.0. The summed E-state index contributed by atoms with van der Waals surface area (Å²) in [6.45, 7) is 4.05. The van der Waals surface area contributed by atoms with E-state index in [0.29, 0.717) is 38.9 Å². The van der Waals surface area contributed by atoms with Crippen molar-refractivity contribution in [3.8, 4) is 33.7 Å². The van der Waals surface area contributed by atoms with E-state index in [9.17, 15) is 14.3 Å². The van der Waals surface area contributed by atoms with Gasteiger partial charge in [-0.2, -0.15) is 0 Å². The number of pyridine rings is 1. The molecular weight excluding hydrogens is 455 g/mol. The summed E-state index contributed by atoms with van der Waals surface area (Å²) in [6, 6.07) is 11.3. The van der Waals surface area contributed by atoms with Gasteiger partial charge in [0.15, 0.2) is 0 Å². The number of benzene rings is 2. The zero-order valence-corrected chi connectivity index (χ0v) is 19.6. The summed E-state index contributed by atoms with van der Waals surface area (Å²) in [6.07, 6.45) is 6.06. The third-order valence-electron chi connectivity index (χ3n) is 6.34. The molecule has 1 aliphatic rings. The fourth-order valence-electron chi connectivity index (χ4n) is 4.46. The molecule has 0 spiro atoms. The van der Waals surface area contributed by atoms with Crippen molar-refractivity contribution in [2.45, 2.75) is 13.3 Å². The summed E-state index contributed by atoms with van der Waals surface area (Å²) in [5, 5.41) is 11.5. The molecule has 8 heteroatoms. The second-order valence-corrected chi connectivity index (χ2v) is 9.23. The van der Waals surface area contributed by atoms with E-state index in [1.54, 1.807) is 49.9 Å². The first-order valence-corrected chi connectivity index (χ1v) is 11.5. The summed E-state index contributed by atoms with van der Waals surface area (Å²) in [5.74, 6) is 0.885. The van der Waals surface area contributed by atoms with Gasteiger partial charge in [0.1, 0.15) is 17.4 Å². The van der Waals surface area contributed by atoms with Crippen LogP contribution in [0, 0.1) is 11.7 Å². The highest BCUT2D eigenvalue weighted by molar-refractivity contribution is 6.32. The van der Waals surface area contributed by atoms with Gasteiger partial charge in [-0.05, 0) is 59.9 Å². The Morgan fingerprint density at radius 2 is 1.82 bits per heavy atom. The van der Waals surface area contributed by atoms with Crippen molar-refractivity contribution < 1.29 is 9.50 Å². The summed E-state index contributed by atoms with van der Waals surface area (Å²) in [5.41, 5.74) is 2.19. The van der Waals surface area contributed by atoms with Crippen LogP contribution in [0.5, 0.6) is 5.75 Å². The van der Waals surface area contributed by atoms with Crippen molar-refractivity contribution in [2.75, 3.05) is 18.0 Å². The largest absolute Gasteiger partial charge is 0.507 e. The smallest absolute Gasteiger partial charge is 0.332 e. The maximum atomic E-state index is 14.7. The van der Waals surface area contributed by atoms with Crippen LogP contribution >= 0.6 is 11.6 Å². The summed E-state index contributed by atoms with van der Waals surface area (Å²) in [4.78, 5) is 19.0. The van der Waals surface area contributed by atoms with Crippen molar-refractivity contribution in [1.29, 1.82) is 0 Å². The lowest BCUT2D eigenvalue weighted by molar-refractivity contribution is 0.477. The molecule has 1 saturated heterocycles. The minimum atomic E-state index is -0.476. The van der Waals surface area contributed by atoms with Crippen LogP contribution in [0.15, 0.2) is 65.8 Å². The number of hydrogen-bond donors (Lipinski definition) is 1. The lowest BCUT2D eigenvalue weighted by atomic mass is 9.97. The van der Waals surface area contributed by atoms with Crippen LogP contribution in [0.1, 0.15) is 13.3 Å². The molecule has 0 aliphatic carbocycles. The predicted octanol–water partition coefficient (Wildman–Crippen LogP) is 5.25. The maximum Gasteiger partial charge on any atom is 0.332 e. The molecule has 2 aromatic heterocycles. The highest BCUT2D eigenvalue weighted by atomic mass is 35.5. The van der Waals surface area contributed by atoms with Crippen molar-refractivity contribution in [2.24, 2.45) is 13.0 Å². The van der Waals surface area contributed by atoms with Crippen LogP contribution < -0.4 is 10.6 Å². The van der Waals surface area contributed by atoms with Crippen LogP contribution in [0.25, 0.3) is 27.9 Å². The summed E-state index contributed by atoms with van der Waals surface area (Å²) < 4.78 is 17.6. The summed E-state index contributed by atoms with van der Waals surface area (Å²) >= 11 is 6.49. The van der Waals surface area contributed by atoms with Gasteiger partial charge in [0.05, 0.1) is 10.7 Å². The number of halogens is 2. The summed E-state index contributed by atoms with van der Waals surface area (Å²) in [7, 11) is 1.66. The van der Waals surface area contributed by atoms with Crippen molar-refractivity contribution >= 4 is 17.4 Å². The normalized spacial score (nSPS) is 15.8. The molecule has 5 rings (SSSR count). The predicted molar refractivity (Wildman–Crippen MR) is 132 cm³/mol. The molecular formula is C26H24ClFN4O2. The Morgan fingerprint density at radius 1 is 1.09 bits per heavy atom. The molecule has 4 aromatic rings. The average Bonchev–Trinajstić information content (AvgIpc) is 3.40. The zero-order valence-electron chi connectivity index (χ0n) is 18.9. The molecule has 34 heavy (non-hydrogen) atoms. The molecule has 1 atom stereocenters. The molecule has 1 aliphatic heterocycles. The third-order valence-corrected chi connectivity index (χ3v) is 6.65. The van der Waals surface area contributed by atoms with Gasteiger partial charge in [-0.3, -0.25) is 4.57 Å². The van der Waals surface area contributed by atoms with Crippen LogP contribution in [-0.4, -0.2) is 32.3 Å². The van der Waals surface area contributed by atoms with E-state index in [1.165, 1.54) is 21.3 Å².